The smallest absolute Gasteiger partial charge is 0.280 e. The van der Waals surface area contributed by atoms with Gasteiger partial charge in [-0.2, -0.15) is 10.1 Å². The lowest BCUT2D eigenvalue weighted by Gasteiger charge is -2.12. The van der Waals surface area contributed by atoms with Gasteiger partial charge in [0.2, 0.25) is 0 Å². The van der Waals surface area contributed by atoms with Gasteiger partial charge in [0.25, 0.3) is 5.91 Å². The maximum Gasteiger partial charge on any atom is 0.280 e. The number of hydrazone groups is 1. The zero-order valence-corrected chi connectivity index (χ0v) is 15.4. The quantitative estimate of drug-likeness (QED) is 0.759. The fraction of sp³-hybridized carbons (Fsp3) is 0.238. The summed E-state index contributed by atoms with van der Waals surface area (Å²) in [5.74, 6) is 1.18. The second-order valence-electron chi connectivity index (χ2n) is 6.04. The van der Waals surface area contributed by atoms with Crippen molar-refractivity contribution in [1.29, 1.82) is 0 Å². The number of ether oxygens (including phenoxy) is 2. The molecule has 0 atom stereocenters. The van der Waals surface area contributed by atoms with Gasteiger partial charge in [-0.1, -0.05) is 23.8 Å². The summed E-state index contributed by atoms with van der Waals surface area (Å²) >= 11 is 0. The van der Waals surface area contributed by atoms with Gasteiger partial charge in [0.05, 0.1) is 30.7 Å². The first kappa shape index (κ1) is 17.7. The maximum atomic E-state index is 12.8. The normalized spacial score (nSPS) is 15.4. The molecule has 5 heteroatoms. The number of hydrogen-bond donors (Lipinski definition) is 0. The molecule has 0 aliphatic carbocycles. The van der Waals surface area contributed by atoms with Crippen LogP contribution < -0.4 is 14.5 Å². The highest BCUT2D eigenvalue weighted by Gasteiger charge is 2.28. The molecule has 0 N–H and O–H groups in total. The Balaban J connectivity index is 1.91. The molecule has 0 radical (unpaired) electrons. The predicted molar refractivity (Wildman–Crippen MR) is 104 cm³/mol. The minimum Gasteiger partial charge on any atom is -0.493 e. The van der Waals surface area contributed by atoms with E-state index in [0.29, 0.717) is 29.4 Å². The van der Waals surface area contributed by atoms with Crippen molar-refractivity contribution in [3.05, 3.63) is 59.2 Å². The van der Waals surface area contributed by atoms with Crippen molar-refractivity contribution in [2.75, 3.05) is 18.7 Å². The van der Waals surface area contributed by atoms with Crippen LogP contribution in [0.2, 0.25) is 0 Å². The molecule has 1 heterocycles. The van der Waals surface area contributed by atoms with Crippen molar-refractivity contribution < 1.29 is 14.3 Å². The highest BCUT2D eigenvalue weighted by molar-refractivity contribution is 6.32. The molecular formula is C21H22N2O3. The molecule has 134 valence electrons. The van der Waals surface area contributed by atoms with E-state index in [0.717, 1.165) is 16.8 Å². The third-order valence-electron chi connectivity index (χ3n) is 4.14. The van der Waals surface area contributed by atoms with Gasteiger partial charge in [0, 0.05) is 0 Å². The average molecular weight is 350 g/mol. The third-order valence-corrected chi connectivity index (χ3v) is 4.14. The molecule has 0 saturated heterocycles. The monoisotopic (exact) mass is 350 g/mol. The Morgan fingerprint density at radius 1 is 1.08 bits per heavy atom. The Hall–Kier alpha value is -3.08. The summed E-state index contributed by atoms with van der Waals surface area (Å²) < 4.78 is 10.9. The number of anilines is 1. The van der Waals surface area contributed by atoms with E-state index < -0.39 is 0 Å². The van der Waals surface area contributed by atoms with Crippen molar-refractivity contribution in [3.8, 4) is 11.5 Å². The molecule has 1 amide bonds. The second-order valence-corrected chi connectivity index (χ2v) is 6.04. The fourth-order valence-electron chi connectivity index (χ4n) is 2.76. The number of aryl methyl sites for hydroxylation is 1. The second kappa shape index (κ2) is 7.44. The lowest BCUT2D eigenvalue weighted by atomic mass is 10.1. The molecule has 26 heavy (non-hydrogen) atoms. The van der Waals surface area contributed by atoms with Crippen molar-refractivity contribution in [2.45, 2.75) is 20.8 Å². The van der Waals surface area contributed by atoms with Gasteiger partial charge in [-0.05, 0) is 56.7 Å². The number of methoxy groups -OCH3 is 1. The lowest BCUT2D eigenvalue weighted by molar-refractivity contribution is -0.114. The summed E-state index contributed by atoms with van der Waals surface area (Å²) in [4.78, 5) is 12.8. The average Bonchev–Trinajstić information content (AvgIpc) is 2.92. The van der Waals surface area contributed by atoms with Crippen LogP contribution >= 0.6 is 0 Å². The molecule has 0 spiro atoms. The molecule has 0 unspecified atom stereocenters. The summed E-state index contributed by atoms with van der Waals surface area (Å²) in [6.07, 6.45) is 1.83. The van der Waals surface area contributed by atoms with Crippen LogP contribution in [-0.2, 0) is 4.79 Å². The van der Waals surface area contributed by atoms with E-state index in [-0.39, 0.29) is 5.91 Å². The van der Waals surface area contributed by atoms with Gasteiger partial charge >= 0.3 is 0 Å². The molecule has 1 aliphatic rings. The number of amides is 1. The first-order valence-corrected chi connectivity index (χ1v) is 8.52. The molecule has 2 aromatic carbocycles. The SMILES string of the molecule is CCOc1ccc(C=C2C(=O)N(c3ccc(C)cc3)N=C2C)cc1OC. The number of carbonyl (C=O) groups excluding carboxylic acids is 1. The summed E-state index contributed by atoms with van der Waals surface area (Å²) in [5.41, 5.74) is 4.00. The van der Waals surface area contributed by atoms with Crippen LogP contribution in [0.1, 0.15) is 25.0 Å². The minimum absolute atomic E-state index is 0.140. The van der Waals surface area contributed by atoms with Crippen molar-refractivity contribution >= 4 is 23.4 Å². The van der Waals surface area contributed by atoms with E-state index in [2.05, 4.69) is 5.10 Å². The molecule has 0 fully saturated rings. The highest BCUT2D eigenvalue weighted by atomic mass is 16.5. The van der Waals surface area contributed by atoms with Crippen LogP contribution in [-0.4, -0.2) is 25.3 Å². The van der Waals surface area contributed by atoms with Crippen LogP contribution in [0.3, 0.4) is 0 Å². The Kier molecular flexibility index (Phi) is 5.07. The zero-order chi connectivity index (χ0) is 18.7. The predicted octanol–water partition coefficient (Wildman–Crippen LogP) is 4.21. The van der Waals surface area contributed by atoms with Crippen molar-refractivity contribution in [2.24, 2.45) is 5.10 Å². The fourth-order valence-corrected chi connectivity index (χ4v) is 2.76. The van der Waals surface area contributed by atoms with E-state index in [4.69, 9.17) is 9.47 Å². The maximum absolute atomic E-state index is 12.8. The number of nitrogens with zero attached hydrogens (tertiary/aromatic N) is 2. The van der Waals surface area contributed by atoms with Crippen molar-refractivity contribution in [3.63, 3.8) is 0 Å². The topological polar surface area (TPSA) is 51.1 Å². The molecular weight excluding hydrogens is 328 g/mol. The van der Waals surface area contributed by atoms with Gasteiger partial charge in [-0.15, -0.1) is 0 Å². The van der Waals surface area contributed by atoms with Crippen LogP contribution in [0.25, 0.3) is 6.08 Å². The Labute approximate surface area is 153 Å². The van der Waals surface area contributed by atoms with Crippen molar-refractivity contribution in [1.82, 2.24) is 0 Å². The van der Waals surface area contributed by atoms with Crippen LogP contribution in [0.4, 0.5) is 5.69 Å². The number of benzene rings is 2. The molecule has 5 nitrogen and oxygen atoms in total. The van der Waals surface area contributed by atoms with Crippen LogP contribution in [0.15, 0.2) is 53.1 Å². The molecule has 0 bridgehead atoms. The summed E-state index contributed by atoms with van der Waals surface area (Å²) in [7, 11) is 1.60. The first-order valence-electron chi connectivity index (χ1n) is 8.52. The molecule has 3 rings (SSSR count). The van der Waals surface area contributed by atoms with E-state index >= 15 is 0 Å². The highest BCUT2D eigenvalue weighted by Crippen LogP contribution is 2.30. The van der Waals surface area contributed by atoms with E-state index in [1.54, 1.807) is 7.11 Å². The lowest BCUT2D eigenvalue weighted by Crippen LogP contribution is -2.21. The number of rotatable bonds is 5. The number of carbonyl (C=O) groups is 1. The Morgan fingerprint density at radius 2 is 1.81 bits per heavy atom. The Morgan fingerprint density at radius 3 is 2.46 bits per heavy atom. The minimum atomic E-state index is -0.140. The van der Waals surface area contributed by atoms with E-state index in [9.17, 15) is 4.79 Å². The largest absolute Gasteiger partial charge is 0.493 e. The Bertz CT molecular complexity index is 883. The van der Waals surface area contributed by atoms with Crippen LogP contribution in [0, 0.1) is 6.92 Å². The summed E-state index contributed by atoms with van der Waals surface area (Å²) in [5, 5.41) is 5.85. The van der Waals surface area contributed by atoms with Crippen LogP contribution in [0.5, 0.6) is 11.5 Å². The van der Waals surface area contributed by atoms with Gasteiger partial charge in [0.15, 0.2) is 11.5 Å². The zero-order valence-electron chi connectivity index (χ0n) is 15.4. The van der Waals surface area contributed by atoms with Gasteiger partial charge in [-0.25, -0.2) is 0 Å². The molecule has 0 saturated carbocycles. The third kappa shape index (κ3) is 3.47. The molecule has 0 aromatic heterocycles. The summed E-state index contributed by atoms with van der Waals surface area (Å²) in [6.45, 7) is 6.33. The first-order chi connectivity index (χ1) is 12.5. The number of hydrogen-bond acceptors (Lipinski definition) is 4. The van der Waals surface area contributed by atoms with E-state index in [1.807, 2.05) is 69.3 Å². The van der Waals surface area contributed by atoms with E-state index in [1.165, 1.54) is 5.01 Å². The van der Waals surface area contributed by atoms with Gasteiger partial charge in [-0.3, -0.25) is 4.79 Å². The standard InChI is InChI=1S/C21H22N2O3/c1-5-26-19-11-8-16(13-20(19)25-4)12-18-15(3)22-23(21(18)24)17-9-6-14(2)7-10-17/h6-13H,5H2,1-4H3. The summed E-state index contributed by atoms with van der Waals surface area (Å²) in [6, 6.07) is 13.3. The van der Waals surface area contributed by atoms with Gasteiger partial charge < -0.3 is 9.47 Å². The van der Waals surface area contributed by atoms with Gasteiger partial charge in [0.1, 0.15) is 0 Å². The molecule has 1 aliphatic heterocycles. The molecule has 2 aromatic rings.